The molecule has 0 heterocycles. The molecule has 0 radical (unpaired) electrons. The van der Waals surface area contributed by atoms with Gasteiger partial charge in [0.2, 0.25) is 0 Å². The lowest BCUT2D eigenvalue weighted by Crippen LogP contribution is -2.06. The summed E-state index contributed by atoms with van der Waals surface area (Å²) in [5.41, 5.74) is 3.43. The van der Waals surface area contributed by atoms with Crippen LogP contribution in [0, 0.1) is 17.0 Å². The van der Waals surface area contributed by atoms with Crippen LogP contribution in [0.4, 0.5) is 17.1 Å². The van der Waals surface area contributed by atoms with E-state index < -0.39 is 0 Å². The first-order valence-electron chi connectivity index (χ1n) is 6.92. The Bertz CT molecular complexity index is 624. The summed E-state index contributed by atoms with van der Waals surface area (Å²) in [7, 11) is 0. The van der Waals surface area contributed by atoms with Crippen molar-refractivity contribution < 1.29 is 4.92 Å². The standard InChI is InChI=1S/C16H19N3O2/c1-3-17-14-5-4-6-15(16(14)19(20)21)18-11-13-9-7-12(2)8-10-13/h4-10,17-18H,3,11H2,1-2H3. The second-order valence-corrected chi connectivity index (χ2v) is 4.83. The minimum Gasteiger partial charge on any atom is -0.380 e. The van der Waals surface area contributed by atoms with E-state index in [4.69, 9.17) is 0 Å². The Balaban J connectivity index is 2.21. The molecular formula is C16H19N3O2. The molecule has 0 saturated heterocycles. The lowest BCUT2D eigenvalue weighted by molar-refractivity contribution is -0.383. The molecule has 2 rings (SSSR count). The Hall–Kier alpha value is -2.56. The van der Waals surface area contributed by atoms with E-state index in [9.17, 15) is 10.1 Å². The topological polar surface area (TPSA) is 67.2 Å². The number of nitrogens with one attached hydrogen (secondary N) is 2. The average molecular weight is 285 g/mol. The van der Waals surface area contributed by atoms with Crippen molar-refractivity contribution in [3.8, 4) is 0 Å². The lowest BCUT2D eigenvalue weighted by atomic mass is 10.1. The molecule has 2 N–H and O–H groups in total. The third-order valence-corrected chi connectivity index (χ3v) is 3.19. The zero-order valence-corrected chi connectivity index (χ0v) is 12.2. The molecule has 21 heavy (non-hydrogen) atoms. The number of hydrogen-bond donors (Lipinski definition) is 2. The maximum atomic E-state index is 11.3. The fraction of sp³-hybridized carbons (Fsp3) is 0.250. The molecule has 0 spiro atoms. The Morgan fingerprint density at radius 2 is 1.67 bits per heavy atom. The fourth-order valence-corrected chi connectivity index (χ4v) is 2.12. The molecule has 0 amide bonds. The Labute approximate surface area is 124 Å². The van der Waals surface area contributed by atoms with Crippen molar-refractivity contribution in [3.05, 3.63) is 63.7 Å². The maximum absolute atomic E-state index is 11.3. The van der Waals surface area contributed by atoms with Crippen molar-refractivity contribution >= 4 is 17.1 Å². The summed E-state index contributed by atoms with van der Waals surface area (Å²) < 4.78 is 0. The molecule has 5 nitrogen and oxygen atoms in total. The van der Waals surface area contributed by atoms with Crippen LogP contribution >= 0.6 is 0 Å². The number of aryl methyl sites for hydroxylation is 1. The number of para-hydroxylation sites is 1. The van der Waals surface area contributed by atoms with E-state index in [2.05, 4.69) is 10.6 Å². The molecule has 110 valence electrons. The van der Waals surface area contributed by atoms with Crippen molar-refractivity contribution in [1.29, 1.82) is 0 Å². The van der Waals surface area contributed by atoms with Crippen LogP contribution in [0.25, 0.3) is 0 Å². The van der Waals surface area contributed by atoms with Gasteiger partial charge >= 0.3 is 5.69 Å². The van der Waals surface area contributed by atoms with E-state index >= 15 is 0 Å². The van der Waals surface area contributed by atoms with Gasteiger partial charge < -0.3 is 10.6 Å². The Morgan fingerprint density at radius 1 is 1.05 bits per heavy atom. The average Bonchev–Trinajstić information content (AvgIpc) is 2.47. The molecule has 2 aromatic rings. The van der Waals surface area contributed by atoms with Gasteiger partial charge in [-0.3, -0.25) is 10.1 Å². The van der Waals surface area contributed by atoms with E-state index in [-0.39, 0.29) is 10.6 Å². The largest absolute Gasteiger partial charge is 0.380 e. The number of anilines is 2. The molecule has 0 bridgehead atoms. The number of benzene rings is 2. The highest BCUT2D eigenvalue weighted by molar-refractivity contribution is 5.76. The summed E-state index contributed by atoms with van der Waals surface area (Å²) >= 11 is 0. The van der Waals surface area contributed by atoms with Gasteiger partial charge in [0.1, 0.15) is 11.4 Å². The second-order valence-electron chi connectivity index (χ2n) is 4.83. The highest BCUT2D eigenvalue weighted by Gasteiger charge is 2.18. The number of nitrogens with zero attached hydrogens (tertiary/aromatic N) is 1. The zero-order valence-electron chi connectivity index (χ0n) is 12.2. The molecule has 0 aliphatic rings. The second kappa shape index (κ2) is 6.74. The van der Waals surface area contributed by atoms with Crippen molar-refractivity contribution in [2.24, 2.45) is 0 Å². The third-order valence-electron chi connectivity index (χ3n) is 3.19. The van der Waals surface area contributed by atoms with Gasteiger partial charge in [-0.25, -0.2) is 0 Å². The fourth-order valence-electron chi connectivity index (χ4n) is 2.12. The summed E-state index contributed by atoms with van der Waals surface area (Å²) in [5, 5.41) is 17.5. The Morgan fingerprint density at radius 3 is 2.24 bits per heavy atom. The quantitative estimate of drug-likeness (QED) is 0.623. The summed E-state index contributed by atoms with van der Waals surface area (Å²) in [5.74, 6) is 0. The summed E-state index contributed by atoms with van der Waals surface area (Å²) in [6, 6.07) is 13.3. The number of nitro benzene ring substituents is 1. The van der Waals surface area contributed by atoms with Crippen molar-refractivity contribution in [3.63, 3.8) is 0 Å². The molecular weight excluding hydrogens is 266 g/mol. The normalized spacial score (nSPS) is 10.2. The summed E-state index contributed by atoms with van der Waals surface area (Å²) in [6.07, 6.45) is 0. The van der Waals surface area contributed by atoms with E-state index in [0.29, 0.717) is 24.5 Å². The Kier molecular flexibility index (Phi) is 4.77. The highest BCUT2D eigenvalue weighted by Crippen LogP contribution is 2.32. The SMILES string of the molecule is CCNc1cccc(NCc2ccc(C)cc2)c1[N+](=O)[O-]. The summed E-state index contributed by atoms with van der Waals surface area (Å²) in [4.78, 5) is 10.9. The minimum absolute atomic E-state index is 0.0893. The number of nitro groups is 1. The van der Waals surface area contributed by atoms with Gasteiger partial charge in [0.05, 0.1) is 4.92 Å². The molecule has 2 aromatic carbocycles. The van der Waals surface area contributed by atoms with Crippen molar-refractivity contribution in [2.75, 3.05) is 17.2 Å². The molecule has 0 unspecified atom stereocenters. The van der Waals surface area contributed by atoms with Gasteiger partial charge in [0.15, 0.2) is 0 Å². The van der Waals surface area contributed by atoms with Gasteiger partial charge in [0.25, 0.3) is 0 Å². The first-order valence-corrected chi connectivity index (χ1v) is 6.92. The van der Waals surface area contributed by atoms with Crippen LogP contribution in [0.2, 0.25) is 0 Å². The van der Waals surface area contributed by atoms with Crippen LogP contribution in [0.1, 0.15) is 18.1 Å². The molecule has 0 aromatic heterocycles. The third kappa shape index (κ3) is 3.72. The number of rotatable bonds is 6. The van der Waals surface area contributed by atoms with Gasteiger partial charge in [-0.1, -0.05) is 35.9 Å². The van der Waals surface area contributed by atoms with Crippen molar-refractivity contribution in [1.82, 2.24) is 0 Å². The molecule has 0 atom stereocenters. The molecule has 0 aliphatic carbocycles. The van der Waals surface area contributed by atoms with Crippen LogP contribution < -0.4 is 10.6 Å². The zero-order chi connectivity index (χ0) is 15.2. The molecule has 0 fully saturated rings. The smallest absolute Gasteiger partial charge is 0.315 e. The van der Waals surface area contributed by atoms with Crippen molar-refractivity contribution in [2.45, 2.75) is 20.4 Å². The molecule has 0 saturated carbocycles. The first-order chi connectivity index (χ1) is 10.1. The van der Waals surface area contributed by atoms with E-state index in [0.717, 1.165) is 5.56 Å². The van der Waals surface area contributed by atoms with Crippen LogP contribution in [-0.4, -0.2) is 11.5 Å². The van der Waals surface area contributed by atoms with E-state index in [1.807, 2.05) is 44.2 Å². The van der Waals surface area contributed by atoms with Crippen LogP contribution in [0.3, 0.4) is 0 Å². The van der Waals surface area contributed by atoms with Crippen LogP contribution in [-0.2, 0) is 6.54 Å². The minimum atomic E-state index is -0.352. The van der Waals surface area contributed by atoms with Gasteiger partial charge in [-0.05, 0) is 31.5 Å². The predicted molar refractivity (Wildman–Crippen MR) is 85.8 cm³/mol. The highest BCUT2D eigenvalue weighted by atomic mass is 16.6. The predicted octanol–water partition coefficient (Wildman–Crippen LogP) is 3.95. The molecule has 0 aliphatic heterocycles. The van der Waals surface area contributed by atoms with Gasteiger partial charge in [-0.15, -0.1) is 0 Å². The monoisotopic (exact) mass is 285 g/mol. The maximum Gasteiger partial charge on any atom is 0.315 e. The van der Waals surface area contributed by atoms with Crippen LogP contribution in [0.5, 0.6) is 0 Å². The van der Waals surface area contributed by atoms with E-state index in [1.165, 1.54) is 5.56 Å². The van der Waals surface area contributed by atoms with Gasteiger partial charge in [0, 0.05) is 13.1 Å². The van der Waals surface area contributed by atoms with Crippen LogP contribution in [0.15, 0.2) is 42.5 Å². The summed E-state index contributed by atoms with van der Waals surface area (Å²) in [6.45, 7) is 5.14. The van der Waals surface area contributed by atoms with Gasteiger partial charge in [-0.2, -0.15) is 0 Å². The number of hydrogen-bond acceptors (Lipinski definition) is 4. The first kappa shape index (κ1) is 14.8. The molecule has 5 heteroatoms. The van der Waals surface area contributed by atoms with E-state index in [1.54, 1.807) is 12.1 Å². The lowest BCUT2D eigenvalue weighted by Gasteiger charge is -2.11.